The van der Waals surface area contributed by atoms with E-state index in [4.69, 9.17) is 0 Å². The van der Waals surface area contributed by atoms with Crippen LogP contribution in [0.25, 0.3) is 0 Å². The lowest BCUT2D eigenvalue weighted by molar-refractivity contribution is 0.445. The maximum Gasteiger partial charge on any atom is 0.0485 e. The molecule has 0 aliphatic heterocycles. The lowest BCUT2D eigenvalue weighted by atomic mass is 9.87. The summed E-state index contributed by atoms with van der Waals surface area (Å²) in [6, 6.07) is 11.3. The topological polar surface area (TPSA) is 24.9 Å². The van der Waals surface area contributed by atoms with Crippen molar-refractivity contribution in [2.24, 2.45) is 0 Å². The molecule has 0 radical (unpaired) electrons. The van der Waals surface area contributed by atoms with Gasteiger partial charge < -0.3 is 5.32 Å². The molecule has 0 fully saturated rings. The molecule has 0 saturated heterocycles. The van der Waals surface area contributed by atoms with Gasteiger partial charge in [0.15, 0.2) is 0 Å². The van der Waals surface area contributed by atoms with E-state index in [0.29, 0.717) is 12.0 Å². The Morgan fingerprint density at radius 1 is 1.24 bits per heavy atom. The third-order valence-corrected chi connectivity index (χ3v) is 4.81. The van der Waals surface area contributed by atoms with Crippen LogP contribution in [0, 0.1) is 13.8 Å². The molecule has 1 aliphatic rings. The van der Waals surface area contributed by atoms with E-state index in [1.165, 1.54) is 34.4 Å². The average molecular weight is 280 g/mol. The predicted octanol–water partition coefficient (Wildman–Crippen LogP) is 4.08. The summed E-state index contributed by atoms with van der Waals surface area (Å²) in [5, 5.41) is 3.71. The molecule has 1 aromatic heterocycles. The summed E-state index contributed by atoms with van der Waals surface area (Å²) in [5.41, 5.74) is 6.93. The van der Waals surface area contributed by atoms with Crippen molar-refractivity contribution in [2.45, 2.75) is 45.6 Å². The average Bonchev–Trinajstić information content (AvgIpc) is 2.92. The molecule has 2 aromatic rings. The zero-order chi connectivity index (χ0) is 14.8. The molecule has 2 heteroatoms. The van der Waals surface area contributed by atoms with Crippen LogP contribution in [0.2, 0.25) is 0 Å². The second-order valence-electron chi connectivity index (χ2n) is 6.02. The maximum absolute atomic E-state index is 4.68. The molecule has 0 amide bonds. The van der Waals surface area contributed by atoms with Crippen LogP contribution < -0.4 is 5.32 Å². The van der Waals surface area contributed by atoms with Gasteiger partial charge in [-0.15, -0.1) is 0 Å². The van der Waals surface area contributed by atoms with Crippen molar-refractivity contribution in [1.29, 1.82) is 0 Å². The zero-order valence-corrected chi connectivity index (χ0v) is 13.2. The zero-order valence-electron chi connectivity index (χ0n) is 13.2. The normalized spacial score (nSPS) is 18.5. The Labute approximate surface area is 127 Å². The van der Waals surface area contributed by atoms with Crippen molar-refractivity contribution in [3.8, 4) is 0 Å². The lowest BCUT2D eigenvalue weighted by Crippen LogP contribution is -2.27. The molecule has 0 saturated carbocycles. The van der Waals surface area contributed by atoms with Crippen LogP contribution >= 0.6 is 0 Å². The molecule has 21 heavy (non-hydrogen) atoms. The minimum absolute atomic E-state index is 0.367. The molecule has 2 nitrogen and oxygen atoms in total. The minimum atomic E-state index is 0.367. The number of aromatic nitrogens is 1. The summed E-state index contributed by atoms with van der Waals surface area (Å²) < 4.78 is 0. The molecule has 3 rings (SSSR count). The predicted molar refractivity (Wildman–Crippen MR) is 87.6 cm³/mol. The van der Waals surface area contributed by atoms with E-state index < -0.39 is 0 Å². The second-order valence-corrected chi connectivity index (χ2v) is 6.02. The number of hydrogen-bond acceptors (Lipinski definition) is 2. The minimum Gasteiger partial charge on any atom is -0.310 e. The molecular formula is C19H24N2. The van der Waals surface area contributed by atoms with Gasteiger partial charge in [-0.2, -0.15) is 0 Å². The van der Waals surface area contributed by atoms with E-state index in [1.807, 2.05) is 6.20 Å². The maximum atomic E-state index is 4.68. The van der Waals surface area contributed by atoms with Gasteiger partial charge in [-0.05, 0) is 61.6 Å². The van der Waals surface area contributed by atoms with Gasteiger partial charge in [-0.3, -0.25) is 4.98 Å². The summed E-state index contributed by atoms with van der Waals surface area (Å²) in [5.74, 6) is 0.488. The van der Waals surface area contributed by atoms with Gasteiger partial charge in [-0.25, -0.2) is 0 Å². The Balaban J connectivity index is 2.02. The van der Waals surface area contributed by atoms with Crippen molar-refractivity contribution in [2.75, 3.05) is 6.54 Å². The molecule has 1 heterocycles. The van der Waals surface area contributed by atoms with Gasteiger partial charge in [0.2, 0.25) is 0 Å². The number of rotatable bonds is 4. The van der Waals surface area contributed by atoms with Crippen molar-refractivity contribution in [3.05, 3.63) is 64.5 Å². The van der Waals surface area contributed by atoms with E-state index >= 15 is 0 Å². The summed E-state index contributed by atoms with van der Waals surface area (Å²) in [6.45, 7) is 7.61. The standard InChI is InChI=1S/C19H24N2/c1-4-20-19(16-9-5-7-13(2)14(16)3)17-11-10-15-8-6-12-21-18(15)17/h5-9,12,17,19-20H,4,10-11H2,1-3H3. The Kier molecular flexibility index (Phi) is 4.07. The van der Waals surface area contributed by atoms with E-state index in [1.54, 1.807) is 0 Å². The van der Waals surface area contributed by atoms with Gasteiger partial charge in [0, 0.05) is 23.9 Å². The SMILES string of the molecule is CCNC(c1cccc(C)c1C)C1CCc2cccnc21. The molecule has 0 spiro atoms. The smallest absolute Gasteiger partial charge is 0.0485 e. The van der Waals surface area contributed by atoms with E-state index in [9.17, 15) is 0 Å². The fourth-order valence-electron chi connectivity index (χ4n) is 3.57. The number of benzene rings is 1. The van der Waals surface area contributed by atoms with Crippen molar-refractivity contribution < 1.29 is 0 Å². The van der Waals surface area contributed by atoms with Crippen LogP contribution in [0.3, 0.4) is 0 Å². The number of hydrogen-bond donors (Lipinski definition) is 1. The van der Waals surface area contributed by atoms with Crippen LogP contribution in [0.5, 0.6) is 0 Å². The van der Waals surface area contributed by atoms with E-state index in [2.05, 4.69) is 61.4 Å². The molecule has 2 atom stereocenters. The Morgan fingerprint density at radius 3 is 2.90 bits per heavy atom. The largest absolute Gasteiger partial charge is 0.310 e. The van der Waals surface area contributed by atoms with Gasteiger partial charge in [0.05, 0.1) is 0 Å². The van der Waals surface area contributed by atoms with Crippen LogP contribution in [0.4, 0.5) is 0 Å². The van der Waals surface area contributed by atoms with Crippen molar-refractivity contribution in [1.82, 2.24) is 10.3 Å². The van der Waals surface area contributed by atoms with Crippen molar-refractivity contribution >= 4 is 0 Å². The fraction of sp³-hybridized carbons (Fsp3) is 0.421. The van der Waals surface area contributed by atoms with E-state index in [0.717, 1.165) is 13.0 Å². The third-order valence-electron chi connectivity index (χ3n) is 4.81. The Morgan fingerprint density at radius 2 is 2.10 bits per heavy atom. The Bertz CT molecular complexity index is 633. The second kappa shape index (κ2) is 5.98. The van der Waals surface area contributed by atoms with Crippen molar-refractivity contribution in [3.63, 3.8) is 0 Å². The highest BCUT2D eigenvalue weighted by Gasteiger charge is 2.32. The fourth-order valence-corrected chi connectivity index (χ4v) is 3.57. The van der Waals surface area contributed by atoms with Gasteiger partial charge in [0.25, 0.3) is 0 Å². The monoisotopic (exact) mass is 280 g/mol. The van der Waals surface area contributed by atoms with Crippen LogP contribution in [-0.2, 0) is 6.42 Å². The number of fused-ring (bicyclic) bond motifs is 1. The first kappa shape index (κ1) is 14.3. The van der Waals surface area contributed by atoms with Gasteiger partial charge in [0.1, 0.15) is 0 Å². The summed E-state index contributed by atoms with van der Waals surface area (Å²) in [7, 11) is 0. The molecule has 110 valence electrons. The number of likely N-dealkylation sites (N-methyl/N-ethyl adjacent to an activating group) is 1. The van der Waals surface area contributed by atoms with Crippen LogP contribution in [0.15, 0.2) is 36.5 Å². The number of pyridine rings is 1. The highest BCUT2D eigenvalue weighted by atomic mass is 14.9. The highest BCUT2D eigenvalue weighted by Crippen LogP contribution is 2.41. The molecule has 1 N–H and O–H groups in total. The third kappa shape index (κ3) is 2.60. The molecule has 2 unspecified atom stereocenters. The van der Waals surface area contributed by atoms with Crippen LogP contribution in [-0.4, -0.2) is 11.5 Å². The number of aryl methyl sites for hydroxylation is 2. The first-order valence-electron chi connectivity index (χ1n) is 7.95. The Hall–Kier alpha value is -1.67. The van der Waals surface area contributed by atoms with Crippen LogP contribution in [0.1, 0.15) is 53.3 Å². The van der Waals surface area contributed by atoms with Gasteiger partial charge >= 0.3 is 0 Å². The first-order valence-corrected chi connectivity index (χ1v) is 7.95. The highest BCUT2D eigenvalue weighted by molar-refractivity contribution is 5.39. The quantitative estimate of drug-likeness (QED) is 0.913. The summed E-state index contributed by atoms with van der Waals surface area (Å²) in [6.07, 6.45) is 4.28. The molecule has 0 bridgehead atoms. The lowest BCUT2D eigenvalue weighted by Gasteiger charge is -2.27. The summed E-state index contributed by atoms with van der Waals surface area (Å²) in [4.78, 5) is 4.68. The number of nitrogens with zero attached hydrogens (tertiary/aromatic N) is 1. The summed E-state index contributed by atoms with van der Waals surface area (Å²) >= 11 is 0. The van der Waals surface area contributed by atoms with Gasteiger partial charge in [-0.1, -0.05) is 31.2 Å². The van der Waals surface area contributed by atoms with E-state index in [-0.39, 0.29) is 0 Å². The first-order chi connectivity index (χ1) is 10.2. The number of nitrogens with one attached hydrogen (secondary N) is 1. The molecule has 1 aliphatic carbocycles. The molecular weight excluding hydrogens is 256 g/mol. The molecule has 1 aromatic carbocycles.